The van der Waals surface area contributed by atoms with Crippen LogP contribution in [0, 0.1) is 6.92 Å². The van der Waals surface area contributed by atoms with Crippen LogP contribution >= 0.6 is 0 Å². The summed E-state index contributed by atoms with van der Waals surface area (Å²) in [4.78, 5) is 21.8. The van der Waals surface area contributed by atoms with Crippen LogP contribution in [0.25, 0.3) is 28.0 Å². The Morgan fingerprint density at radius 3 is 2.66 bits per heavy atom. The lowest BCUT2D eigenvalue weighted by atomic mass is 10.0. The van der Waals surface area contributed by atoms with Gasteiger partial charge in [-0.25, -0.2) is 9.97 Å². The smallest absolute Gasteiger partial charge is 0.226 e. The number of nitrogens with zero attached hydrogens (tertiary/aromatic N) is 4. The normalized spacial score (nSPS) is 11.3. The van der Waals surface area contributed by atoms with Gasteiger partial charge in [0.05, 0.1) is 17.4 Å². The molecule has 5 rings (SSSR count). The number of para-hydroxylation sites is 1. The van der Waals surface area contributed by atoms with Gasteiger partial charge in [0.2, 0.25) is 5.91 Å². The van der Waals surface area contributed by atoms with Crippen LogP contribution in [0.15, 0.2) is 77.3 Å². The molecule has 0 unspecified atom stereocenters. The predicted octanol–water partition coefficient (Wildman–Crippen LogP) is 6.08. The van der Waals surface area contributed by atoms with Gasteiger partial charge in [-0.1, -0.05) is 56.3 Å². The van der Waals surface area contributed by atoms with E-state index in [2.05, 4.69) is 41.4 Å². The molecule has 0 saturated carbocycles. The molecule has 7 nitrogen and oxygen atoms in total. The van der Waals surface area contributed by atoms with Crippen molar-refractivity contribution in [3.63, 3.8) is 0 Å². The molecule has 0 aliphatic rings. The van der Waals surface area contributed by atoms with Crippen LogP contribution < -0.4 is 5.32 Å². The monoisotopic (exact) mass is 465 g/mol. The van der Waals surface area contributed by atoms with Gasteiger partial charge in [0.1, 0.15) is 5.82 Å². The van der Waals surface area contributed by atoms with Gasteiger partial charge in [0.15, 0.2) is 17.5 Å². The van der Waals surface area contributed by atoms with E-state index < -0.39 is 0 Å². The van der Waals surface area contributed by atoms with E-state index in [9.17, 15) is 4.79 Å². The number of carbonyl (C=O) groups is 1. The second-order valence-corrected chi connectivity index (χ2v) is 8.89. The molecule has 1 N–H and O–H groups in total. The predicted molar refractivity (Wildman–Crippen MR) is 137 cm³/mol. The molecule has 0 atom stereocenters. The third kappa shape index (κ3) is 4.99. The Morgan fingerprint density at radius 1 is 1.06 bits per heavy atom. The average Bonchev–Trinajstić information content (AvgIpc) is 3.49. The van der Waals surface area contributed by atoms with Crippen LogP contribution in [0.4, 0.5) is 5.82 Å². The topological polar surface area (TPSA) is 85.8 Å². The van der Waals surface area contributed by atoms with E-state index >= 15 is 0 Å². The number of aryl methyl sites for hydroxylation is 2. The maximum Gasteiger partial charge on any atom is 0.226 e. The first kappa shape index (κ1) is 22.5. The Balaban J connectivity index is 1.25. The molecule has 0 radical (unpaired) electrons. The summed E-state index contributed by atoms with van der Waals surface area (Å²) in [6.07, 6.45) is 2.35. The average molecular weight is 466 g/mol. The molecule has 35 heavy (non-hydrogen) atoms. The van der Waals surface area contributed by atoms with Gasteiger partial charge in [-0.15, -0.1) is 0 Å². The molecule has 176 valence electrons. The fraction of sp³-hybridized carbons (Fsp3) is 0.214. The van der Waals surface area contributed by atoms with Crippen LogP contribution in [-0.4, -0.2) is 25.7 Å². The fourth-order valence-electron chi connectivity index (χ4n) is 3.95. The maximum atomic E-state index is 12.7. The SMILES string of the molecule is Cc1cc(NC(=O)CCc2ncc(-c3ccc(C(C)C)cc3)o2)n(-c2ccc3ccccc3n2)n1. The molecule has 2 aromatic carbocycles. The molecule has 3 heterocycles. The van der Waals surface area contributed by atoms with Crippen molar-refractivity contribution in [2.24, 2.45) is 0 Å². The van der Waals surface area contributed by atoms with Gasteiger partial charge in [-0.2, -0.15) is 9.78 Å². The number of pyridine rings is 1. The van der Waals surface area contributed by atoms with E-state index in [4.69, 9.17) is 9.40 Å². The number of rotatable bonds is 7. The Labute approximate surface area is 203 Å². The number of oxazole rings is 1. The second-order valence-electron chi connectivity index (χ2n) is 8.89. The highest BCUT2D eigenvalue weighted by Crippen LogP contribution is 2.24. The Bertz CT molecular complexity index is 1480. The standard InChI is InChI=1S/C28H27N5O2/c1-18(2)20-8-10-22(11-9-20)24-17-29-28(35-24)15-14-27(34)31-26-16-19(3)32-33(26)25-13-12-21-6-4-5-7-23(21)30-25/h4-13,16-18H,14-15H2,1-3H3,(H,31,34). The van der Waals surface area contributed by atoms with Gasteiger partial charge in [-0.3, -0.25) is 4.79 Å². The zero-order valence-electron chi connectivity index (χ0n) is 20.0. The van der Waals surface area contributed by atoms with Crippen molar-refractivity contribution in [1.29, 1.82) is 0 Å². The Hall–Kier alpha value is -4.26. The number of carbonyl (C=O) groups excluding carboxylic acids is 1. The summed E-state index contributed by atoms with van der Waals surface area (Å²) in [5.41, 5.74) is 3.91. The summed E-state index contributed by atoms with van der Waals surface area (Å²) in [7, 11) is 0. The Morgan fingerprint density at radius 2 is 1.86 bits per heavy atom. The molecule has 0 fully saturated rings. The molecule has 5 aromatic rings. The van der Waals surface area contributed by atoms with E-state index in [1.807, 2.05) is 61.5 Å². The van der Waals surface area contributed by atoms with Gasteiger partial charge in [-0.05, 0) is 36.6 Å². The lowest BCUT2D eigenvalue weighted by Crippen LogP contribution is -2.16. The van der Waals surface area contributed by atoms with Crippen molar-refractivity contribution >= 4 is 22.6 Å². The number of fused-ring (bicyclic) bond motifs is 1. The molecule has 7 heteroatoms. The molecular weight excluding hydrogens is 438 g/mol. The first-order valence-corrected chi connectivity index (χ1v) is 11.7. The van der Waals surface area contributed by atoms with Crippen LogP contribution in [0.5, 0.6) is 0 Å². The number of hydrogen-bond donors (Lipinski definition) is 1. The van der Waals surface area contributed by atoms with E-state index in [-0.39, 0.29) is 12.3 Å². The van der Waals surface area contributed by atoms with E-state index in [1.54, 1.807) is 10.9 Å². The zero-order valence-corrected chi connectivity index (χ0v) is 20.0. The highest BCUT2D eigenvalue weighted by molar-refractivity contribution is 5.90. The largest absolute Gasteiger partial charge is 0.441 e. The number of hydrogen-bond acceptors (Lipinski definition) is 5. The quantitative estimate of drug-likeness (QED) is 0.315. The van der Waals surface area contributed by atoms with Crippen LogP contribution in [0.2, 0.25) is 0 Å². The number of anilines is 1. The third-order valence-corrected chi connectivity index (χ3v) is 5.88. The number of nitrogens with one attached hydrogen (secondary N) is 1. The first-order chi connectivity index (χ1) is 17.0. The van der Waals surface area contributed by atoms with Crippen LogP contribution in [0.3, 0.4) is 0 Å². The molecular formula is C28H27N5O2. The highest BCUT2D eigenvalue weighted by atomic mass is 16.4. The minimum Gasteiger partial charge on any atom is -0.441 e. The molecule has 3 aromatic heterocycles. The number of benzene rings is 2. The molecule has 0 aliphatic heterocycles. The van der Waals surface area contributed by atoms with Crippen molar-refractivity contribution in [3.8, 4) is 17.1 Å². The van der Waals surface area contributed by atoms with Crippen molar-refractivity contribution in [1.82, 2.24) is 19.7 Å². The fourth-order valence-corrected chi connectivity index (χ4v) is 3.95. The Kier molecular flexibility index (Phi) is 6.14. The zero-order chi connectivity index (χ0) is 24.4. The van der Waals surface area contributed by atoms with Crippen LogP contribution in [0.1, 0.15) is 43.3 Å². The highest BCUT2D eigenvalue weighted by Gasteiger charge is 2.14. The minimum absolute atomic E-state index is 0.145. The van der Waals surface area contributed by atoms with Gasteiger partial charge < -0.3 is 9.73 Å². The van der Waals surface area contributed by atoms with Gasteiger partial charge in [0, 0.05) is 29.9 Å². The molecule has 0 bridgehead atoms. The number of aromatic nitrogens is 4. The summed E-state index contributed by atoms with van der Waals surface area (Å²) < 4.78 is 7.55. The first-order valence-electron chi connectivity index (χ1n) is 11.7. The molecule has 1 amide bonds. The summed E-state index contributed by atoms with van der Waals surface area (Å²) in [6.45, 7) is 6.22. The van der Waals surface area contributed by atoms with E-state index in [1.165, 1.54) is 5.56 Å². The molecule has 0 aliphatic carbocycles. The van der Waals surface area contributed by atoms with Crippen LogP contribution in [-0.2, 0) is 11.2 Å². The summed E-state index contributed by atoms with van der Waals surface area (Å²) >= 11 is 0. The summed E-state index contributed by atoms with van der Waals surface area (Å²) in [5.74, 6) is 2.79. The van der Waals surface area contributed by atoms with Gasteiger partial charge in [0.25, 0.3) is 0 Å². The minimum atomic E-state index is -0.145. The second kappa shape index (κ2) is 9.54. The lowest BCUT2D eigenvalue weighted by molar-refractivity contribution is -0.116. The molecule has 0 spiro atoms. The third-order valence-electron chi connectivity index (χ3n) is 5.88. The van der Waals surface area contributed by atoms with Crippen molar-refractivity contribution in [2.75, 3.05) is 5.32 Å². The number of amides is 1. The maximum absolute atomic E-state index is 12.7. The van der Waals surface area contributed by atoms with Crippen molar-refractivity contribution in [2.45, 2.75) is 39.5 Å². The lowest BCUT2D eigenvalue weighted by Gasteiger charge is -2.09. The van der Waals surface area contributed by atoms with Crippen molar-refractivity contribution < 1.29 is 9.21 Å². The van der Waals surface area contributed by atoms with E-state index in [0.717, 1.165) is 22.2 Å². The summed E-state index contributed by atoms with van der Waals surface area (Å²) in [6, 6.07) is 21.9. The molecule has 0 saturated heterocycles. The van der Waals surface area contributed by atoms with Gasteiger partial charge >= 0.3 is 0 Å². The van der Waals surface area contributed by atoms with Crippen molar-refractivity contribution in [3.05, 3.63) is 90.1 Å². The van der Waals surface area contributed by atoms with E-state index in [0.29, 0.717) is 35.6 Å². The summed E-state index contributed by atoms with van der Waals surface area (Å²) in [5, 5.41) is 8.53.